The van der Waals surface area contributed by atoms with E-state index in [1.54, 1.807) is 24.3 Å². The van der Waals surface area contributed by atoms with E-state index in [-0.39, 0.29) is 6.61 Å². The van der Waals surface area contributed by atoms with Gasteiger partial charge in [-0.05, 0) is 51.8 Å². The lowest BCUT2D eigenvalue weighted by Crippen LogP contribution is -2.09. The molecule has 2 aromatic rings. The predicted molar refractivity (Wildman–Crippen MR) is 82.5 cm³/mol. The molecule has 0 saturated heterocycles. The predicted octanol–water partition coefficient (Wildman–Crippen LogP) is 3.37. The van der Waals surface area contributed by atoms with Crippen LogP contribution in [0.5, 0.6) is 11.5 Å². The van der Waals surface area contributed by atoms with Gasteiger partial charge in [0, 0.05) is 10.0 Å². The Morgan fingerprint density at radius 1 is 1.21 bits per heavy atom. The molecule has 0 unspecified atom stereocenters. The minimum absolute atomic E-state index is 0.0126. The first-order chi connectivity index (χ1) is 9.10. The standard InChI is InChI=1S/C14H12BrNO2S/c15-13-7-11(4-5-12(13)14(16)19)18-10-3-1-2-9(6-10)8-17/h1-7,17H,8H2,(H2,16,19). The average Bonchev–Trinajstić information content (AvgIpc) is 2.38. The summed E-state index contributed by atoms with van der Waals surface area (Å²) in [5.74, 6) is 1.34. The third-order valence-electron chi connectivity index (χ3n) is 2.52. The highest BCUT2D eigenvalue weighted by Gasteiger charge is 2.05. The van der Waals surface area contributed by atoms with E-state index < -0.39 is 0 Å². The van der Waals surface area contributed by atoms with E-state index in [0.29, 0.717) is 16.5 Å². The maximum atomic E-state index is 9.08. The van der Waals surface area contributed by atoms with E-state index in [2.05, 4.69) is 15.9 Å². The van der Waals surface area contributed by atoms with Gasteiger partial charge in [0.05, 0.1) is 6.61 Å². The lowest BCUT2D eigenvalue weighted by molar-refractivity contribution is 0.281. The van der Waals surface area contributed by atoms with E-state index in [4.69, 9.17) is 27.8 Å². The van der Waals surface area contributed by atoms with Crippen LogP contribution in [0.4, 0.5) is 0 Å². The molecule has 0 radical (unpaired) electrons. The van der Waals surface area contributed by atoms with Crippen LogP contribution in [0.3, 0.4) is 0 Å². The second-order valence-electron chi connectivity index (χ2n) is 3.91. The number of ether oxygens (including phenoxy) is 1. The Morgan fingerprint density at radius 2 is 1.95 bits per heavy atom. The molecule has 0 aliphatic carbocycles. The molecule has 0 saturated carbocycles. The van der Waals surface area contributed by atoms with Gasteiger partial charge < -0.3 is 15.6 Å². The molecule has 19 heavy (non-hydrogen) atoms. The van der Waals surface area contributed by atoms with Crippen molar-refractivity contribution in [2.45, 2.75) is 6.61 Å². The lowest BCUT2D eigenvalue weighted by atomic mass is 10.2. The van der Waals surface area contributed by atoms with Crippen molar-refractivity contribution in [1.82, 2.24) is 0 Å². The fraction of sp³-hybridized carbons (Fsp3) is 0.0714. The van der Waals surface area contributed by atoms with Gasteiger partial charge >= 0.3 is 0 Å². The van der Waals surface area contributed by atoms with Gasteiger partial charge in [0.1, 0.15) is 16.5 Å². The number of hydrogen-bond acceptors (Lipinski definition) is 3. The Hall–Kier alpha value is -1.43. The third kappa shape index (κ3) is 3.53. The van der Waals surface area contributed by atoms with Crippen molar-refractivity contribution in [3.63, 3.8) is 0 Å². The topological polar surface area (TPSA) is 55.5 Å². The van der Waals surface area contributed by atoms with Crippen LogP contribution in [-0.2, 0) is 6.61 Å². The number of hydrogen-bond donors (Lipinski definition) is 2. The summed E-state index contributed by atoms with van der Waals surface area (Å²) in [5, 5.41) is 9.08. The van der Waals surface area contributed by atoms with Crippen LogP contribution in [0.1, 0.15) is 11.1 Å². The first kappa shape index (κ1) is 14.0. The second kappa shape index (κ2) is 6.14. The molecule has 0 atom stereocenters. The average molecular weight is 338 g/mol. The molecule has 0 heterocycles. The monoisotopic (exact) mass is 337 g/mol. The van der Waals surface area contributed by atoms with Crippen molar-refractivity contribution >= 4 is 33.1 Å². The van der Waals surface area contributed by atoms with E-state index in [9.17, 15) is 0 Å². The maximum absolute atomic E-state index is 9.08. The summed E-state index contributed by atoms with van der Waals surface area (Å²) in [4.78, 5) is 0.334. The van der Waals surface area contributed by atoms with E-state index >= 15 is 0 Å². The smallest absolute Gasteiger partial charge is 0.128 e. The van der Waals surface area contributed by atoms with Crippen molar-refractivity contribution in [1.29, 1.82) is 0 Å². The number of aliphatic hydroxyl groups is 1. The third-order valence-corrected chi connectivity index (χ3v) is 3.40. The second-order valence-corrected chi connectivity index (χ2v) is 5.21. The van der Waals surface area contributed by atoms with Crippen molar-refractivity contribution < 1.29 is 9.84 Å². The van der Waals surface area contributed by atoms with Crippen LogP contribution < -0.4 is 10.5 Å². The van der Waals surface area contributed by atoms with Gasteiger partial charge in [0.15, 0.2) is 0 Å². The molecular formula is C14H12BrNO2S. The van der Waals surface area contributed by atoms with Crippen molar-refractivity contribution in [2.75, 3.05) is 0 Å². The molecule has 0 fully saturated rings. The van der Waals surface area contributed by atoms with Gasteiger partial charge in [0.25, 0.3) is 0 Å². The Kier molecular flexibility index (Phi) is 4.52. The van der Waals surface area contributed by atoms with Crippen LogP contribution in [0, 0.1) is 0 Å². The number of halogens is 1. The SMILES string of the molecule is NC(=S)c1ccc(Oc2cccc(CO)c2)cc1Br. The molecule has 3 N–H and O–H groups in total. The summed E-state index contributed by atoms with van der Waals surface area (Å²) in [6, 6.07) is 12.7. The Bertz CT molecular complexity index is 616. The summed E-state index contributed by atoms with van der Waals surface area (Å²) in [6.45, 7) is -0.0126. The Balaban J connectivity index is 2.23. The minimum atomic E-state index is -0.0126. The largest absolute Gasteiger partial charge is 0.457 e. The number of aliphatic hydroxyl groups excluding tert-OH is 1. The van der Waals surface area contributed by atoms with Gasteiger partial charge in [-0.1, -0.05) is 24.4 Å². The Morgan fingerprint density at radius 3 is 2.58 bits per heavy atom. The highest BCUT2D eigenvalue weighted by Crippen LogP contribution is 2.27. The number of thiocarbonyl (C=S) groups is 1. The van der Waals surface area contributed by atoms with Gasteiger partial charge in [-0.25, -0.2) is 0 Å². The molecule has 0 amide bonds. The molecule has 98 valence electrons. The fourth-order valence-corrected chi connectivity index (χ4v) is 2.48. The number of benzene rings is 2. The van der Waals surface area contributed by atoms with E-state index in [1.807, 2.05) is 18.2 Å². The quantitative estimate of drug-likeness (QED) is 0.840. The molecule has 0 aliphatic heterocycles. The van der Waals surface area contributed by atoms with E-state index in [1.165, 1.54) is 0 Å². The molecule has 0 spiro atoms. The normalized spacial score (nSPS) is 10.2. The van der Waals surface area contributed by atoms with Crippen LogP contribution in [0.2, 0.25) is 0 Å². The molecule has 2 aromatic carbocycles. The van der Waals surface area contributed by atoms with Crippen molar-refractivity contribution in [3.8, 4) is 11.5 Å². The molecule has 0 aliphatic rings. The van der Waals surface area contributed by atoms with Gasteiger partial charge in [-0.15, -0.1) is 0 Å². The zero-order chi connectivity index (χ0) is 13.8. The molecule has 5 heteroatoms. The Labute approximate surface area is 125 Å². The van der Waals surface area contributed by atoms with Crippen LogP contribution >= 0.6 is 28.1 Å². The van der Waals surface area contributed by atoms with Crippen LogP contribution in [0.15, 0.2) is 46.9 Å². The molecule has 0 aromatic heterocycles. The maximum Gasteiger partial charge on any atom is 0.128 e. The number of nitrogens with two attached hydrogens (primary N) is 1. The summed E-state index contributed by atoms with van der Waals surface area (Å²) in [7, 11) is 0. The van der Waals surface area contributed by atoms with Gasteiger partial charge in [-0.3, -0.25) is 0 Å². The van der Waals surface area contributed by atoms with Crippen LogP contribution in [0.25, 0.3) is 0 Å². The summed E-state index contributed by atoms with van der Waals surface area (Å²) < 4.78 is 6.50. The minimum Gasteiger partial charge on any atom is -0.457 e. The molecular weight excluding hydrogens is 326 g/mol. The summed E-state index contributed by atoms with van der Waals surface area (Å²) >= 11 is 8.34. The molecule has 0 bridgehead atoms. The van der Waals surface area contributed by atoms with Gasteiger partial charge in [0.2, 0.25) is 0 Å². The van der Waals surface area contributed by atoms with Crippen LogP contribution in [-0.4, -0.2) is 10.1 Å². The number of rotatable bonds is 4. The lowest BCUT2D eigenvalue weighted by Gasteiger charge is -2.09. The zero-order valence-electron chi connectivity index (χ0n) is 9.97. The van der Waals surface area contributed by atoms with Crippen molar-refractivity contribution in [2.24, 2.45) is 5.73 Å². The zero-order valence-corrected chi connectivity index (χ0v) is 12.4. The molecule has 3 nitrogen and oxygen atoms in total. The van der Waals surface area contributed by atoms with Gasteiger partial charge in [-0.2, -0.15) is 0 Å². The highest BCUT2D eigenvalue weighted by molar-refractivity contribution is 9.10. The fourth-order valence-electron chi connectivity index (χ4n) is 1.60. The van der Waals surface area contributed by atoms with Crippen molar-refractivity contribution in [3.05, 3.63) is 58.1 Å². The summed E-state index contributed by atoms with van der Waals surface area (Å²) in [6.07, 6.45) is 0. The molecule has 2 rings (SSSR count). The highest BCUT2D eigenvalue weighted by atomic mass is 79.9. The first-order valence-corrected chi connectivity index (χ1v) is 6.77. The first-order valence-electron chi connectivity index (χ1n) is 5.57. The van der Waals surface area contributed by atoms with E-state index in [0.717, 1.165) is 15.6 Å². The summed E-state index contributed by atoms with van der Waals surface area (Å²) in [5.41, 5.74) is 7.16.